The first-order chi connectivity index (χ1) is 10.1. The van der Waals surface area contributed by atoms with Gasteiger partial charge in [0.1, 0.15) is 0 Å². The summed E-state index contributed by atoms with van der Waals surface area (Å²) in [4.78, 5) is 13.8. The van der Waals surface area contributed by atoms with Crippen molar-refractivity contribution in [3.8, 4) is 0 Å². The minimum Gasteiger partial charge on any atom is -0.409 e. The average molecular weight is 285 g/mol. The Bertz CT molecular complexity index is 667. The fourth-order valence-electron chi connectivity index (χ4n) is 2.24. The van der Waals surface area contributed by atoms with Gasteiger partial charge in [0.2, 0.25) is 5.91 Å². The van der Waals surface area contributed by atoms with Gasteiger partial charge in [-0.05, 0) is 23.3 Å². The van der Waals surface area contributed by atoms with E-state index in [1.54, 1.807) is 4.90 Å². The molecule has 1 amide bonds. The van der Waals surface area contributed by atoms with Crippen LogP contribution < -0.4 is 5.73 Å². The van der Waals surface area contributed by atoms with Gasteiger partial charge in [-0.3, -0.25) is 4.79 Å². The van der Waals surface area contributed by atoms with Gasteiger partial charge in [0.15, 0.2) is 5.84 Å². The second kappa shape index (κ2) is 6.74. The third-order valence-corrected chi connectivity index (χ3v) is 3.38. The summed E-state index contributed by atoms with van der Waals surface area (Å²) in [5.74, 6) is -0.0110. The largest absolute Gasteiger partial charge is 0.409 e. The topological polar surface area (TPSA) is 78.9 Å². The molecule has 0 saturated carbocycles. The van der Waals surface area contributed by atoms with Crippen molar-refractivity contribution in [2.45, 2.75) is 13.3 Å². The molecule has 0 spiro atoms. The summed E-state index contributed by atoms with van der Waals surface area (Å²) >= 11 is 0. The molecular weight excluding hydrogens is 266 g/mol. The highest BCUT2D eigenvalue weighted by atomic mass is 16.4. The summed E-state index contributed by atoms with van der Waals surface area (Å²) in [6, 6.07) is 14.0. The van der Waals surface area contributed by atoms with Crippen LogP contribution >= 0.6 is 0 Å². The van der Waals surface area contributed by atoms with E-state index in [4.69, 9.17) is 10.9 Å². The molecule has 0 aliphatic rings. The van der Waals surface area contributed by atoms with Crippen molar-refractivity contribution >= 4 is 22.5 Å². The smallest absolute Gasteiger partial charge is 0.227 e. The molecule has 2 rings (SSSR count). The highest BCUT2D eigenvalue weighted by Gasteiger charge is 2.14. The first-order valence-corrected chi connectivity index (χ1v) is 6.86. The molecule has 3 N–H and O–H groups in total. The Labute approximate surface area is 123 Å². The van der Waals surface area contributed by atoms with E-state index in [1.807, 2.05) is 49.4 Å². The molecule has 21 heavy (non-hydrogen) atoms. The highest BCUT2D eigenvalue weighted by molar-refractivity contribution is 5.89. The van der Waals surface area contributed by atoms with Gasteiger partial charge in [-0.2, -0.15) is 0 Å². The summed E-state index contributed by atoms with van der Waals surface area (Å²) < 4.78 is 0. The Morgan fingerprint density at radius 3 is 2.62 bits per heavy atom. The Morgan fingerprint density at radius 2 is 1.95 bits per heavy atom. The first-order valence-electron chi connectivity index (χ1n) is 6.86. The van der Waals surface area contributed by atoms with Crippen LogP contribution in [0.25, 0.3) is 10.8 Å². The molecule has 0 radical (unpaired) electrons. The highest BCUT2D eigenvalue weighted by Crippen LogP contribution is 2.16. The van der Waals surface area contributed by atoms with Crippen LogP contribution in [0.15, 0.2) is 47.6 Å². The zero-order valence-corrected chi connectivity index (χ0v) is 12.0. The van der Waals surface area contributed by atoms with Crippen LogP contribution in [0.5, 0.6) is 0 Å². The second-order valence-electron chi connectivity index (χ2n) is 4.86. The number of benzene rings is 2. The summed E-state index contributed by atoms with van der Waals surface area (Å²) in [5, 5.41) is 13.8. The number of carbonyl (C=O) groups is 1. The predicted octanol–water partition coefficient (Wildman–Crippen LogP) is 1.98. The molecule has 2 aromatic carbocycles. The Morgan fingerprint density at radius 1 is 1.24 bits per heavy atom. The van der Waals surface area contributed by atoms with Crippen molar-refractivity contribution in [3.05, 3.63) is 48.0 Å². The maximum Gasteiger partial charge on any atom is 0.227 e. The van der Waals surface area contributed by atoms with Gasteiger partial charge in [0.25, 0.3) is 0 Å². The molecule has 0 atom stereocenters. The van der Waals surface area contributed by atoms with Crippen LogP contribution in [0.3, 0.4) is 0 Å². The van der Waals surface area contributed by atoms with Crippen LogP contribution in [0.4, 0.5) is 0 Å². The number of nitrogens with zero attached hydrogens (tertiary/aromatic N) is 2. The van der Waals surface area contributed by atoms with Gasteiger partial charge in [0, 0.05) is 6.54 Å². The Hall–Kier alpha value is -2.56. The number of amides is 1. The molecule has 0 fully saturated rings. The molecule has 0 aromatic heterocycles. The molecule has 110 valence electrons. The second-order valence-corrected chi connectivity index (χ2v) is 4.86. The number of fused-ring (bicyclic) bond motifs is 1. The predicted molar refractivity (Wildman–Crippen MR) is 83.3 cm³/mol. The minimum atomic E-state index is -0.0422. The SMILES string of the molecule is CCN(CC(N)=NO)C(=O)Cc1ccc2ccccc2c1. The normalized spacial score (nSPS) is 11.6. The number of carbonyl (C=O) groups excluding carboxylic acids is 1. The maximum atomic E-state index is 12.3. The van der Waals surface area contributed by atoms with Crippen molar-refractivity contribution in [3.63, 3.8) is 0 Å². The van der Waals surface area contributed by atoms with Crippen LogP contribution in [-0.2, 0) is 11.2 Å². The van der Waals surface area contributed by atoms with E-state index < -0.39 is 0 Å². The third-order valence-electron chi connectivity index (χ3n) is 3.38. The van der Waals surface area contributed by atoms with Gasteiger partial charge >= 0.3 is 0 Å². The Balaban J connectivity index is 2.12. The summed E-state index contributed by atoms with van der Waals surface area (Å²) in [5.41, 5.74) is 6.42. The molecule has 0 saturated heterocycles. The lowest BCUT2D eigenvalue weighted by atomic mass is 10.0. The van der Waals surface area contributed by atoms with Gasteiger partial charge in [-0.15, -0.1) is 0 Å². The standard InChI is InChI=1S/C16H19N3O2/c1-2-19(11-15(17)18-21)16(20)10-12-7-8-13-5-3-4-6-14(13)9-12/h3-9,21H,2,10-11H2,1H3,(H2,17,18). The number of amidine groups is 1. The van der Waals surface area contributed by atoms with Crippen molar-refractivity contribution in [1.29, 1.82) is 0 Å². The fraction of sp³-hybridized carbons (Fsp3) is 0.250. The van der Waals surface area contributed by atoms with E-state index in [1.165, 1.54) is 0 Å². The molecule has 0 aliphatic heterocycles. The number of likely N-dealkylation sites (N-methyl/N-ethyl adjacent to an activating group) is 1. The number of hydrogen-bond acceptors (Lipinski definition) is 3. The Kier molecular flexibility index (Phi) is 4.77. The number of nitrogens with two attached hydrogens (primary N) is 1. The zero-order valence-electron chi connectivity index (χ0n) is 12.0. The number of rotatable bonds is 5. The lowest BCUT2D eigenvalue weighted by Crippen LogP contribution is -2.39. The van der Waals surface area contributed by atoms with E-state index in [-0.39, 0.29) is 18.3 Å². The van der Waals surface area contributed by atoms with Crippen LogP contribution in [-0.4, -0.2) is 34.9 Å². The van der Waals surface area contributed by atoms with Gasteiger partial charge in [0.05, 0.1) is 13.0 Å². The third kappa shape index (κ3) is 3.72. The molecule has 0 bridgehead atoms. The lowest BCUT2D eigenvalue weighted by molar-refractivity contribution is -0.129. The fourth-order valence-corrected chi connectivity index (χ4v) is 2.24. The summed E-state index contributed by atoms with van der Waals surface area (Å²) in [7, 11) is 0. The molecular formula is C16H19N3O2. The summed E-state index contributed by atoms with van der Waals surface area (Å²) in [6.07, 6.45) is 0.303. The van der Waals surface area contributed by atoms with Gasteiger partial charge in [-0.25, -0.2) is 0 Å². The minimum absolute atomic E-state index is 0.0312. The van der Waals surface area contributed by atoms with E-state index in [0.717, 1.165) is 16.3 Å². The molecule has 5 nitrogen and oxygen atoms in total. The van der Waals surface area contributed by atoms with E-state index >= 15 is 0 Å². The van der Waals surface area contributed by atoms with Crippen molar-refractivity contribution in [1.82, 2.24) is 4.90 Å². The van der Waals surface area contributed by atoms with E-state index in [2.05, 4.69) is 5.16 Å². The molecule has 5 heteroatoms. The lowest BCUT2D eigenvalue weighted by Gasteiger charge is -2.20. The average Bonchev–Trinajstić information content (AvgIpc) is 2.52. The van der Waals surface area contributed by atoms with Gasteiger partial charge < -0.3 is 15.8 Å². The van der Waals surface area contributed by atoms with Crippen molar-refractivity contribution in [2.24, 2.45) is 10.9 Å². The molecule has 2 aromatic rings. The van der Waals surface area contributed by atoms with Crippen molar-refractivity contribution in [2.75, 3.05) is 13.1 Å². The van der Waals surface area contributed by atoms with Gasteiger partial charge in [-0.1, -0.05) is 47.6 Å². The van der Waals surface area contributed by atoms with Crippen LogP contribution in [0.2, 0.25) is 0 Å². The maximum absolute atomic E-state index is 12.3. The van der Waals surface area contributed by atoms with Crippen LogP contribution in [0, 0.1) is 0 Å². The molecule has 0 unspecified atom stereocenters. The number of oxime groups is 1. The summed E-state index contributed by atoms with van der Waals surface area (Å²) in [6.45, 7) is 2.52. The monoisotopic (exact) mass is 285 g/mol. The molecule has 0 heterocycles. The number of hydrogen-bond donors (Lipinski definition) is 2. The van der Waals surface area contributed by atoms with Crippen LogP contribution in [0.1, 0.15) is 12.5 Å². The molecule has 0 aliphatic carbocycles. The van der Waals surface area contributed by atoms with E-state index in [9.17, 15) is 4.79 Å². The van der Waals surface area contributed by atoms with Crippen molar-refractivity contribution < 1.29 is 10.0 Å². The zero-order chi connectivity index (χ0) is 15.2. The van der Waals surface area contributed by atoms with E-state index in [0.29, 0.717) is 13.0 Å². The first kappa shape index (κ1) is 14.8. The quantitative estimate of drug-likeness (QED) is 0.381.